The number of carbonyl (C=O) groups is 3. The number of anilines is 1. The molecule has 10 nitrogen and oxygen atoms in total. The number of phenolic OH excluding ortho intramolecular Hbond substituents is 1. The fraction of sp³-hybridized carbons (Fsp3) is 0.355. The molecule has 3 aromatic rings. The lowest BCUT2D eigenvalue weighted by atomic mass is 9.88. The van der Waals surface area contributed by atoms with Crippen molar-refractivity contribution in [2.24, 2.45) is 11.0 Å². The van der Waals surface area contributed by atoms with Crippen LogP contribution < -0.4 is 20.2 Å². The zero-order chi connectivity index (χ0) is 30.2. The number of fused-ring (bicyclic) bond motifs is 1. The molecule has 0 saturated heterocycles. The van der Waals surface area contributed by atoms with Gasteiger partial charge in [0.15, 0.2) is 17.6 Å². The first-order valence-electron chi connectivity index (χ1n) is 13.9. The van der Waals surface area contributed by atoms with Gasteiger partial charge in [0.25, 0.3) is 11.8 Å². The van der Waals surface area contributed by atoms with E-state index in [2.05, 4.69) is 22.8 Å². The summed E-state index contributed by atoms with van der Waals surface area (Å²) in [4.78, 5) is 39.4. The van der Waals surface area contributed by atoms with Gasteiger partial charge in [-0.1, -0.05) is 6.92 Å². The van der Waals surface area contributed by atoms with Gasteiger partial charge in [-0.05, 0) is 99.5 Å². The number of hydrazone groups is 1. The number of nitrogens with zero attached hydrogens (tertiary/aromatic N) is 1. The van der Waals surface area contributed by atoms with Crippen molar-refractivity contribution in [1.82, 2.24) is 5.43 Å². The summed E-state index contributed by atoms with van der Waals surface area (Å²) in [5.74, 6) is 0.00565. The number of esters is 1. The Morgan fingerprint density at radius 2 is 1.90 bits per heavy atom. The number of aromatic hydroxyl groups is 1. The van der Waals surface area contributed by atoms with Gasteiger partial charge in [0, 0.05) is 10.4 Å². The Bertz CT molecular complexity index is 1470. The summed E-state index contributed by atoms with van der Waals surface area (Å²) in [7, 11) is 0. The maximum Gasteiger partial charge on any atom is 0.341 e. The van der Waals surface area contributed by atoms with Crippen LogP contribution in [-0.2, 0) is 22.4 Å². The van der Waals surface area contributed by atoms with Crippen LogP contribution in [0.5, 0.6) is 17.2 Å². The fourth-order valence-electron chi connectivity index (χ4n) is 4.52. The van der Waals surface area contributed by atoms with Crippen LogP contribution >= 0.6 is 11.3 Å². The minimum atomic E-state index is -0.868. The zero-order valence-corrected chi connectivity index (χ0v) is 24.9. The summed E-state index contributed by atoms with van der Waals surface area (Å²) >= 11 is 1.44. The average molecular weight is 594 g/mol. The van der Waals surface area contributed by atoms with Crippen LogP contribution in [0, 0.1) is 5.92 Å². The van der Waals surface area contributed by atoms with Crippen LogP contribution in [-0.4, -0.2) is 48.4 Å². The lowest BCUT2D eigenvalue weighted by Crippen LogP contribution is -2.33. The highest BCUT2D eigenvalue weighted by molar-refractivity contribution is 7.17. The van der Waals surface area contributed by atoms with Crippen molar-refractivity contribution in [2.45, 2.75) is 53.1 Å². The summed E-state index contributed by atoms with van der Waals surface area (Å²) in [6.07, 6.45) is 3.20. The first kappa shape index (κ1) is 30.6. The second-order valence-electron chi connectivity index (χ2n) is 9.91. The summed E-state index contributed by atoms with van der Waals surface area (Å²) in [6, 6.07) is 11.1. The van der Waals surface area contributed by atoms with Gasteiger partial charge in [0.1, 0.15) is 10.8 Å². The van der Waals surface area contributed by atoms with E-state index in [1.165, 1.54) is 23.6 Å². The Balaban J connectivity index is 1.36. The number of phenols is 1. The van der Waals surface area contributed by atoms with E-state index in [0.29, 0.717) is 45.7 Å². The van der Waals surface area contributed by atoms with E-state index in [1.54, 1.807) is 50.2 Å². The van der Waals surface area contributed by atoms with E-state index in [1.807, 2.05) is 6.92 Å². The molecule has 1 aliphatic carbocycles. The molecule has 0 saturated carbocycles. The molecular formula is C31H35N3O7S. The first-order valence-corrected chi connectivity index (χ1v) is 14.7. The summed E-state index contributed by atoms with van der Waals surface area (Å²) < 4.78 is 16.3. The topological polar surface area (TPSA) is 136 Å². The van der Waals surface area contributed by atoms with Crippen molar-refractivity contribution in [3.05, 3.63) is 69.6 Å². The molecule has 42 heavy (non-hydrogen) atoms. The molecule has 0 unspecified atom stereocenters. The molecule has 2 aromatic carbocycles. The van der Waals surface area contributed by atoms with E-state index in [9.17, 15) is 19.5 Å². The smallest absolute Gasteiger partial charge is 0.341 e. The monoisotopic (exact) mass is 593 g/mol. The van der Waals surface area contributed by atoms with E-state index in [0.717, 1.165) is 29.7 Å². The minimum Gasteiger partial charge on any atom is -0.504 e. The number of hydrogen-bond acceptors (Lipinski definition) is 9. The molecule has 1 heterocycles. The van der Waals surface area contributed by atoms with Crippen molar-refractivity contribution in [3.63, 3.8) is 0 Å². The highest BCUT2D eigenvalue weighted by Gasteiger charge is 2.29. The second kappa shape index (κ2) is 14.0. The molecule has 11 heteroatoms. The van der Waals surface area contributed by atoms with Crippen LogP contribution in [0.25, 0.3) is 0 Å². The third-order valence-electron chi connectivity index (χ3n) is 6.69. The molecule has 0 radical (unpaired) electrons. The van der Waals surface area contributed by atoms with E-state index in [-0.39, 0.29) is 18.3 Å². The molecule has 3 N–H and O–H groups in total. The van der Waals surface area contributed by atoms with Crippen molar-refractivity contribution < 1.29 is 33.7 Å². The predicted molar refractivity (Wildman–Crippen MR) is 161 cm³/mol. The summed E-state index contributed by atoms with van der Waals surface area (Å²) in [5, 5.41) is 17.2. The van der Waals surface area contributed by atoms with Gasteiger partial charge < -0.3 is 24.6 Å². The van der Waals surface area contributed by atoms with Crippen molar-refractivity contribution in [3.8, 4) is 17.2 Å². The molecule has 0 spiro atoms. The maximum absolute atomic E-state index is 13.1. The average Bonchev–Trinajstić information content (AvgIpc) is 3.32. The number of benzene rings is 2. The lowest BCUT2D eigenvalue weighted by Gasteiger charge is -2.18. The first-order chi connectivity index (χ1) is 20.2. The molecule has 222 valence electrons. The largest absolute Gasteiger partial charge is 0.504 e. The van der Waals surface area contributed by atoms with Crippen LogP contribution in [0.3, 0.4) is 0 Å². The Labute approximate surface area is 248 Å². The van der Waals surface area contributed by atoms with Crippen molar-refractivity contribution in [1.29, 1.82) is 0 Å². The lowest BCUT2D eigenvalue weighted by molar-refractivity contribution is -0.127. The molecule has 4 rings (SSSR count). The summed E-state index contributed by atoms with van der Waals surface area (Å²) in [6.45, 7) is 7.99. The van der Waals surface area contributed by atoms with Gasteiger partial charge in [0.2, 0.25) is 0 Å². The number of hydrogen-bond donors (Lipinski definition) is 3. The van der Waals surface area contributed by atoms with E-state index >= 15 is 0 Å². The Morgan fingerprint density at radius 3 is 2.62 bits per heavy atom. The van der Waals surface area contributed by atoms with Crippen LogP contribution in [0.2, 0.25) is 0 Å². The normalized spacial score (nSPS) is 15.0. The van der Waals surface area contributed by atoms with Crippen molar-refractivity contribution in [2.75, 3.05) is 18.5 Å². The third kappa shape index (κ3) is 7.47. The van der Waals surface area contributed by atoms with E-state index in [4.69, 9.17) is 14.2 Å². The zero-order valence-electron chi connectivity index (χ0n) is 24.1. The molecular weight excluding hydrogens is 558 g/mol. The molecule has 2 amide bonds. The molecule has 0 bridgehead atoms. The van der Waals surface area contributed by atoms with Gasteiger partial charge in [-0.25, -0.2) is 10.2 Å². The molecule has 0 aliphatic heterocycles. The SMILES string of the molecule is CCOC(=O)c1c(NC(=O)c2ccc(O[C@H](C)C(=O)N/N=C\c3ccc(O)c(OCC)c3)cc2)sc2c1CC[C@H](C)C2. The molecule has 1 aromatic heterocycles. The highest BCUT2D eigenvalue weighted by Crippen LogP contribution is 2.40. The standard InChI is InChI=1S/C31H35N3O7S/c1-5-39-25-16-20(8-14-24(25)35)17-32-34-28(36)19(4)41-22-11-9-21(10-12-22)29(37)33-30-27(31(38)40-6-2)23-13-7-18(3)15-26(23)42-30/h8-12,14,16-19,35H,5-7,13,15H2,1-4H3,(H,33,37)(H,34,36)/b32-17-/t18-,19+/m0/s1. The van der Waals surface area contributed by atoms with Gasteiger partial charge in [-0.2, -0.15) is 5.10 Å². The third-order valence-corrected chi connectivity index (χ3v) is 7.86. The minimum absolute atomic E-state index is 0.0184. The van der Waals surface area contributed by atoms with Crippen LogP contribution in [0.1, 0.15) is 70.8 Å². The summed E-state index contributed by atoms with van der Waals surface area (Å²) in [5.41, 5.74) is 4.86. The predicted octanol–water partition coefficient (Wildman–Crippen LogP) is 5.32. The van der Waals surface area contributed by atoms with Crippen LogP contribution in [0.15, 0.2) is 47.6 Å². The molecule has 0 fully saturated rings. The van der Waals surface area contributed by atoms with Gasteiger partial charge >= 0.3 is 5.97 Å². The molecule has 1 aliphatic rings. The maximum atomic E-state index is 13.1. The Kier molecular flexibility index (Phi) is 10.2. The number of thiophene rings is 1. The quantitative estimate of drug-likeness (QED) is 0.155. The van der Waals surface area contributed by atoms with Crippen LogP contribution in [0.4, 0.5) is 5.00 Å². The fourth-order valence-corrected chi connectivity index (χ4v) is 5.91. The molecule has 2 atom stereocenters. The Hall–Kier alpha value is -4.38. The number of nitrogens with one attached hydrogen (secondary N) is 2. The van der Waals surface area contributed by atoms with E-state index < -0.39 is 18.0 Å². The van der Waals surface area contributed by atoms with Gasteiger partial charge in [-0.3, -0.25) is 9.59 Å². The Morgan fingerprint density at radius 1 is 1.14 bits per heavy atom. The number of rotatable bonds is 11. The number of carbonyl (C=O) groups excluding carboxylic acids is 3. The van der Waals surface area contributed by atoms with Gasteiger partial charge in [0.05, 0.1) is 25.0 Å². The number of ether oxygens (including phenoxy) is 3. The highest BCUT2D eigenvalue weighted by atomic mass is 32.1. The number of amides is 2. The van der Waals surface area contributed by atoms with Gasteiger partial charge in [-0.15, -0.1) is 11.3 Å². The van der Waals surface area contributed by atoms with Crippen molar-refractivity contribution >= 4 is 40.3 Å². The second-order valence-corrected chi connectivity index (χ2v) is 11.0.